The van der Waals surface area contributed by atoms with E-state index < -0.39 is 16.1 Å². The Morgan fingerprint density at radius 3 is 2.26 bits per heavy atom. The summed E-state index contributed by atoms with van der Waals surface area (Å²) in [6.07, 6.45) is 0.198. The molecular formula is C22H29N3O5S. The zero-order valence-corrected chi connectivity index (χ0v) is 19.0. The highest BCUT2D eigenvalue weighted by Crippen LogP contribution is 2.27. The molecular weight excluding hydrogens is 418 g/mol. The van der Waals surface area contributed by atoms with E-state index in [0.717, 1.165) is 5.56 Å². The largest absolute Gasteiger partial charge is 0.495 e. The summed E-state index contributed by atoms with van der Waals surface area (Å²) >= 11 is 0. The van der Waals surface area contributed by atoms with Crippen molar-refractivity contribution in [3.8, 4) is 5.75 Å². The minimum atomic E-state index is -4.15. The highest BCUT2D eigenvalue weighted by atomic mass is 32.2. The summed E-state index contributed by atoms with van der Waals surface area (Å²) in [5.74, 6) is -0.537. The predicted molar refractivity (Wildman–Crippen MR) is 119 cm³/mol. The number of hydrogen-bond acceptors (Lipinski definition) is 5. The second-order valence-corrected chi connectivity index (χ2v) is 8.60. The van der Waals surface area contributed by atoms with Gasteiger partial charge < -0.3 is 15.0 Å². The zero-order valence-electron chi connectivity index (χ0n) is 18.2. The number of benzene rings is 2. The van der Waals surface area contributed by atoms with Gasteiger partial charge in [-0.1, -0.05) is 30.3 Å². The standard InChI is InChI=1S/C22H29N3O5S/c1-5-25(6-2)22(27)19(14-17-10-8-7-9-11-17)24-31(28,29)21-15-18(23-16(3)26)12-13-20(21)30-4/h7-13,15,19,24H,5-6,14H2,1-4H3,(H,23,26). The maximum absolute atomic E-state index is 13.3. The van der Waals surface area contributed by atoms with Crippen LogP contribution in [0.5, 0.6) is 5.75 Å². The molecule has 2 N–H and O–H groups in total. The van der Waals surface area contributed by atoms with Crippen LogP contribution < -0.4 is 14.8 Å². The van der Waals surface area contributed by atoms with Crippen molar-refractivity contribution in [2.45, 2.75) is 38.1 Å². The highest BCUT2D eigenvalue weighted by Gasteiger charge is 2.30. The second kappa shape index (κ2) is 10.9. The van der Waals surface area contributed by atoms with Gasteiger partial charge in [-0.25, -0.2) is 8.42 Å². The molecule has 9 heteroatoms. The SMILES string of the molecule is CCN(CC)C(=O)C(Cc1ccccc1)NS(=O)(=O)c1cc(NC(C)=O)ccc1OC. The number of carbonyl (C=O) groups is 2. The summed E-state index contributed by atoms with van der Waals surface area (Å²) in [7, 11) is -2.79. The van der Waals surface area contributed by atoms with Crippen molar-refractivity contribution in [3.63, 3.8) is 0 Å². The number of amides is 2. The molecule has 168 valence electrons. The van der Waals surface area contributed by atoms with Gasteiger partial charge in [0.25, 0.3) is 0 Å². The Balaban J connectivity index is 2.44. The molecule has 0 heterocycles. The van der Waals surface area contributed by atoms with E-state index in [0.29, 0.717) is 18.8 Å². The van der Waals surface area contributed by atoms with Gasteiger partial charge in [0.2, 0.25) is 21.8 Å². The van der Waals surface area contributed by atoms with E-state index in [4.69, 9.17) is 4.74 Å². The smallest absolute Gasteiger partial charge is 0.245 e. The number of nitrogens with one attached hydrogen (secondary N) is 2. The first-order valence-corrected chi connectivity index (χ1v) is 11.5. The van der Waals surface area contributed by atoms with Gasteiger partial charge in [-0.15, -0.1) is 0 Å². The van der Waals surface area contributed by atoms with Crippen molar-refractivity contribution in [2.24, 2.45) is 0 Å². The van der Waals surface area contributed by atoms with E-state index in [1.807, 2.05) is 44.2 Å². The molecule has 8 nitrogen and oxygen atoms in total. The average Bonchev–Trinajstić information content (AvgIpc) is 2.74. The maximum atomic E-state index is 13.3. The van der Waals surface area contributed by atoms with Crippen LogP contribution in [-0.4, -0.2) is 51.4 Å². The summed E-state index contributed by atoms with van der Waals surface area (Å²) in [6.45, 7) is 5.94. The topological polar surface area (TPSA) is 105 Å². The summed E-state index contributed by atoms with van der Waals surface area (Å²) < 4.78 is 34.3. The molecule has 2 aromatic carbocycles. The van der Waals surface area contributed by atoms with Crippen molar-refractivity contribution in [2.75, 3.05) is 25.5 Å². The Kier molecular flexibility index (Phi) is 8.58. The van der Waals surface area contributed by atoms with E-state index in [9.17, 15) is 18.0 Å². The van der Waals surface area contributed by atoms with Crippen LogP contribution in [0.15, 0.2) is 53.4 Å². The Labute approximate surface area is 183 Å². The van der Waals surface area contributed by atoms with Crippen LogP contribution >= 0.6 is 0 Å². The van der Waals surface area contributed by atoms with Crippen LogP contribution in [0.4, 0.5) is 5.69 Å². The first-order valence-electron chi connectivity index (χ1n) is 10.0. The maximum Gasteiger partial charge on any atom is 0.245 e. The van der Waals surface area contributed by atoms with Crippen LogP contribution in [-0.2, 0) is 26.0 Å². The molecule has 0 aliphatic rings. The Morgan fingerprint density at radius 1 is 1.06 bits per heavy atom. The number of sulfonamides is 1. The summed E-state index contributed by atoms with van der Waals surface area (Å²) in [4.78, 5) is 25.9. The van der Waals surface area contributed by atoms with Crippen LogP contribution in [0, 0.1) is 0 Å². The number of rotatable bonds is 10. The van der Waals surface area contributed by atoms with E-state index >= 15 is 0 Å². The molecule has 2 amide bonds. The second-order valence-electron chi connectivity index (χ2n) is 6.92. The van der Waals surface area contributed by atoms with Gasteiger partial charge >= 0.3 is 0 Å². The van der Waals surface area contributed by atoms with E-state index in [1.54, 1.807) is 11.0 Å². The Bertz CT molecular complexity index is 1010. The fourth-order valence-corrected chi connectivity index (χ4v) is 4.59. The predicted octanol–water partition coefficient (Wildman–Crippen LogP) is 2.41. The molecule has 0 bridgehead atoms. The number of likely N-dealkylation sites (N-methyl/N-ethyl adjacent to an activating group) is 1. The molecule has 0 radical (unpaired) electrons. The number of hydrogen-bond donors (Lipinski definition) is 2. The normalized spacial score (nSPS) is 12.1. The van der Waals surface area contributed by atoms with Crippen molar-refractivity contribution >= 4 is 27.5 Å². The lowest BCUT2D eigenvalue weighted by atomic mass is 10.1. The van der Waals surface area contributed by atoms with E-state index in [2.05, 4.69) is 10.0 Å². The quantitative estimate of drug-likeness (QED) is 0.582. The molecule has 0 fully saturated rings. The minimum absolute atomic E-state index is 0.107. The third-order valence-corrected chi connectivity index (χ3v) is 6.22. The fourth-order valence-electron chi connectivity index (χ4n) is 3.20. The molecule has 0 saturated heterocycles. The van der Waals surface area contributed by atoms with Gasteiger partial charge in [-0.3, -0.25) is 9.59 Å². The van der Waals surface area contributed by atoms with Gasteiger partial charge in [0.15, 0.2) is 0 Å². The third kappa shape index (κ3) is 6.53. The molecule has 2 rings (SSSR count). The summed E-state index contributed by atoms with van der Waals surface area (Å²) in [5, 5.41) is 2.56. The number of methoxy groups -OCH3 is 1. The number of carbonyl (C=O) groups excluding carboxylic acids is 2. The molecule has 0 spiro atoms. The van der Waals surface area contributed by atoms with Crippen molar-refractivity contribution in [1.29, 1.82) is 0 Å². The number of nitrogens with zero attached hydrogens (tertiary/aromatic N) is 1. The van der Waals surface area contributed by atoms with Crippen molar-refractivity contribution in [3.05, 3.63) is 54.1 Å². The van der Waals surface area contributed by atoms with E-state index in [-0.39, 0.29) is 28.9 Å². The molecule has 0 aliphatic carbocycles. The lowest BCUT2D eigenvalue weighted by molar-refractivity contribution is -0.132. The molecule has 0 aliphatic heterocycles. The lowest BCUT2D eigenvalue weighted by Crippen LogP contribution is -2.49. The summed E-state index contributed by atoms with van der Waals surface area (Å²) in [6, 6.07) is 12.5. The first-order chi connectivity index (χ1) is 14.7. The minimum Gasteiger partial charge on any atom is -0.495 e. The van der Waals surface area contributed by atoms with Gasteiger partial charge in [0.1, 0.15) is 16.7 Å². The molecule has 1 atom stereocenters. The Hall–Kier alpha value is -2.91. The average molecular weight is 448 g/mol. The Morgan fingerprint density at radius 2 is 1.71 bits per heavy atom. The van der Waals surface area contributed by atoms with E-state index in [1.165, 1.54) is 26.2 Å². The molecule has 0 saturated carbocycles. The zero-order chi connectivity index (χ0) is 23.0. The fraction of sp³-hybridized carbons (Fsp3) is 0.364. The lowest BCUT2D eigenvalue weighted by Gasteiger charge is -2.26. The van der Waals surface area contributed by atoms with Gasteiger partial charge in [-0.2, -0.15) is 4.72 Å². The molecule has 31 heavy (non-hydrogen) atoms. The number of anilines is 1. The third-order valence-electron chi connectivity index (χ3n) is 4.73. The van der Waals surface area contributed by atoms with Crippen LogP contribution in [0.3, 0.4) is 0 Å². The summed E-state index contributed by atoms with van der Waals surface area (Å²) in [5.41, 5.74) is 1.14. The van der Waals surface area contributed by atoms with Gasteiger partial charge in [0, 0.05) is 25.7 Å². The molecule has 1 unspecified atom stereocenters. The van der Waals surface area contributed by atoms with Crippen LogP contribution in [0.1, 0.15) is 26.3 Å². The monoisotopic (exact) mass is 447 g/mol. The first kappa shape index (κ1) is 24.4. The number of ether oxygens (including phenoxy) is 1. The molecule has 2 aromatic rings. The highest BCUT2D eigenvalue weighted by molar-refractivity contribution is 7.89. The van der Waals surface area contributed by atoms with Crippen LogP contribution in [0.2, 0.25) is 0 Å². The van der Waals surface area contributed by atoms with Gasteiger partial charge in [0.05, 0.1) is 7.11 Å². The van der Waals surface area contributed by atoms with Crippen molar-refractivity contribution in [1.82, 2.24) is 9.62 Å². The van der Waals surface area contributed by atoms with Crippen molar-refractivity contribution < 1.29 is 22.7 Å². The molecule has 0 aromatic heterocycles. The van der Waals surface area contributed by atoms with Crippen LogP contribution in [0.25, 0.3) is 0 Å². The van der Waals surface area contributed by atoms with Gasteiger partial charge in [-0.05, 0) is 44.0 Å².